The van der Waals surface area contributed by atoms with Gasteiger partial charge in [0.05, 0.1) is 17.1 Å². The Morgan fingerprint density at radius 1 is 1.18 bits per heavy atom. The summed E-state index contributed by atoms with van der Waals surface area (Å²) in [7, 11) is 0. The Morgan fingerprint density at radius 2 is 1.89 bits per heavy atom. The van der Waals surface area contributed by atoms with Crippen molar-refractivity contribution in [1.29, 1.82) is 0 Å². The number of fused-ring (bicyclic) bond motifs is 1. The Morgan fingerprint density at radius 3 is 2.54 bits per heavy atom. The number of amides is 1. The minimum atomic E-state index is -1.14. The number of nitrogens with zero attached hydrogens (tertiary/aromatic N) is 3. The van der Waals surface area contributed by atoms with E-state index in [0.717, 1.165) is 11.1 Å². The summed E-state index contributed by atoms with van der Waals surface area (Å²) in [6.45, 7) is 9.53. The number of benzene rings is 1. The van der Waals surface area contributed by atoms with Gasteiger partial charge in [0.15, 0.2) is 11.7 Å². The number of aliphatic carboxylic acids is 1. The van der Waals surface area contributed by atoms with Gasteiger partial charge in [-0.1, -0.05) is 18.2 Å². The summed E-state index contributed by atoms with van der Waals surface area (Å²) >= 11 is 0. The van der Waals surface area contributed by atoms with Crippen molar-refractivity contribution in [1.82, 2.24) is 20.1 Å². The molecule has 0 aliphatic rings. The molecular weight excluding hydrogens is 356 g/mol. The van der Waals surface area contributed by atoms with E-state index in [-0.39, 0.29) is 6.04 Å². The number of carboxylic acids is 1. The molecule has 2 aromatic heterocycles. The van der Waals surface area contributed by atoms with Crippen LogP contribution in [0.2, 0.25) is 0 Å². The van der Waals surface area contributed by atoms with Gasteiger partial charge in [-0.15, -0.1) is 0 Å². The minimum Gasteiger partial charge on any atom is -0.479 e. The van der Waals surface area contributed by atoms with Crippen LogP contribution in [0.15, 0.2) is 30.5 Å². The van der Waals surface area contributed by atoms with Gasteiger partial charge in [0.2, 0.25) is 0 Å². The summed E-state index contributed by atoms with van der Waals surface area (Å²) in [4.78, 5) is 29.4. The second-order valence-electron chi connectivity index (χ2n) is 7.27. The van der Waals surface area contributed by atoms with Gasteiger partial charge in [-0.3, -0.25) is 4.79 Å². The predicted octanol–water partition coefficient (Wildman–Crippen LogP) is 3.49. The maximum Gasteiger partial charge on any atom is 0.330 e. The average molecular weight is 380 g/mol. The number of carbonyl (C=O) groups excluding carboxylic acids is 1. The molecule has 28 heavy (non-hydrogen) atoms. The molecule has 1 atom stereocenters. The smallest absolute Gasteiger partial charge is 0.330 e. The van der Waals surface area contributed by atoms with E-state index < -0.39 is 17.9 Å². The lowest BCUT2D eigenvalue weighted by molar-refractivity contribution is -0.139. The third-order valence-electron chi connectivity index (χ3n) is 4.91. The third kappa shape index (κ3) is 3.47. The van der Waals surface area contributed by atoms with Gasteiger partial charge in [-0.2, -0.15) is 5.10 Å². The Labute approximate surface area is 163 Å². The number of carbonyl (C=O) groups is 2. The first kappa shape index (κ1) is 19.5. The quantitative estimate of drug-likeness (QED) is 0.706. The van der Waals surface area contributed by atoms with Crippen LogP contribution in [0.4, 0.5) is 0 Å². The van der Waals surface area contributed by atoms with Gasteiger partial charge in [0.1, 0.15) is 0 Å². The molecule has 0 aliphatic carbocycles. The first-order valence-corrected chi connectivity index (χ1v) is 9.15. The van der Waals surface area contributed by atoms with E-state index >= 15 is 0 Å². The Kier molecular flexibility index (Phi) is 5.18. The lowest BCUT2D eigenvalue weighted by Crippen LogP contribution is -2.34. The molecular formula is C21H24N4O3. The van der Waals surface area contributed by atoms with Crippen molar-refractivity contribution in [3.8, 4) is 0 Å². The Bertz CT molecular complexity index is 1070. The van der Waals surface area contributed by atoms with Crippen LogP contribution in [0.1, 0.15) is 58.7 Å². The first-order chi connectivity index (χ1) is 13.2. The van der Waals surface area contributed by atoms with Gasteiger partial charge in [0.25, 0.3) is 5.91 Å². The van der Waals surface area contributed by atoms with Crippen molar-refractivity contribution in [2.24, 2.45) is 0 Å². The molecule has 7 nitrogen and oxygen atoms in total. The van der Waals surface area contributed by atoms with Crippen LogP contribution in [0, 0.1) is 20.8 Å². The second kappa shape index (κ2) is 7.42. The highest BCUT2D eigenvalue weighted by molar-refractivity contribution is 6.06. The molecule has 3 aromatic rings. The summed E-state index contributed by atoms with van der Waals surface area (Å²) < 4.78 is 1.75. The van der Waals surface area contributed by atoms with Crippen LogP contribution < -0.4 is 5.32 Å². The number of pyridine rings is 1. The first-order valence-electron chi connectivity index (χ1n) is 9.15. The molecule has 1 aromatic carbocycles. The van der Waals surface area contributed by atoms with Crippen molar-refractivity contribution < 1.29 is 14.7 Å². The molecule has 0 spiro atoms. The molecule has 0 saturated carbocycles. The summed E-state index contributed by atoms with van der Waals surface area (Å²) in [6.07, 6.45) is 1.60. The monoisotopic (exact) mass is 380 g/mol. The molecule has 0 fully saturated rings. The molecule has 0 aliphatic heterocycles. The Hall–Kier alpha value is -3.22. The summed E-state index contributed by atoms with van der Waals surface area (Å²) in [5, 5.41) is 17.3. The minimum absolute atomic E-state index is 0.0874. The zero-order valence-electron chi connectivity index (χ0n) is 16.6. The fraction of sp³-hybridized carbons (Fsp3) is 0.333. The lowest BCUT2D eigenvalue weighted by Gasteiger charge is -2.18. The van der Waals surface area contributed by atoms with Crippen molar-refractivity contribution in [2.75, 3.05) is 0 Å². The fourth-order valence-electron chi connectivity index (χ4n) is 3.28. The number of nitrogens with one attached hydrogen (secondary N) is 1. The van der Waals surface area contributed by atoms with Crippen LogP contribution in [0.3, 0.4) is 0 Å². The predicted molar refractivity (Wildman–Crippen MR) is 106 cm³/mol. The standard InChI is InChI=1S/C21H24N4O3/c1-11(2)25-19-17(10-22-25)16(9-13(4)23-19)20(26)24-18(21(27)28)15-8-6-7-12(3)14(15)5/h6-11,18H,1-5H3,(H,24,26)(H,27,28). The van der Waals surface area contributed by atoms with Crippen molar-refractivity contribution >= 4 is 22.9 Å². The van der Waals surface area contributed by atoms with Crippen LogP contribution in [-0.2, 0) is 4.79 Å². The van der Waals surface area contributed by atoms with Gasteiger partial charge in [0, 0.05) is 11.7 Å². The largest absolute Gasteiger partial charge is 0.479 e. The molecule has 2 heterocycles. The number of hydrogen-bond donors (Lipinski definition) is 2. The summed E-state index contributed by atoms with van der Waals surface area (Å²) in [5.74, 6) is -1.57. The number of hydrogen-bond acceptors (Lipinski definition) is 4. The highest BCUT2D eigenvalue weighted by atomic mass is 16.4. The number of aryl methyl sites for hydroxylation is 2. The molecule has 0 bridgehead atoms. The van der Waals surface area contributed by atoms with E-state index in [1.807, 2.05) is 33.8 Å². The van der Waals surface area contributed by atoms with Gasteiger partial charge >= 0.3 is 5.97 Å². The SMILES string of the molecule is Cc1cc(C(=O)NC(C(=O)O)c2cccc(C)c2C)c2cnn(C(C)C)c2n1. The lowest BCUT2D eigenvalue weighted by atomic mass is 9.97. The fourth-order valence-corrected chi connectivity index (χ4v) is 3.28. The maximum atomic E-state index is 13.0. The van der Waals surface area contributed by atoms with Gasteiger partial charge in [-0.25, -0.2) is 14.5 Å². The van der Waals surface area contributed by atoms with E-state index in [1.54, 1.807) is 36.0 Å². The van der Waals surface area contributed by atoms with Gasteiger partial charge in [-0.05, 0) is 57.4 Å². The number of aromatic nitrogens is 3. The van der Waals surface area contributed by atoms with Gasteiger partial charge < -0.3 is 10.4 Å². The maximum absolute atomic E-state index is 13.0. The molecule has 3 rings (SSSR count). The molecule has 146 valence electrons. The van der Waals surface area contributed by atoms with E-state index in [0.29, 0.717) is 27.9 Å². The highest BCUT2D eigenvalue weighted by Gasteiger charge is 2.26. The molecule has 1 unspecified atom stereocenters. The van der Waals surface area contributed by atoms with Crippen molar-refractivity contribution in [2.45, 2.75) is 46.7 Å². The van der Waals surface area contributed by atoms with E-state index in [2.05, 4.69) is 15.4 Å². The zero-order valence-corrected chi connectivity index (χ0v) is 16.6. The second-order valence-corrected chi connectivity index (χ2v) is 7.27. The van der Waals surface area contributed by atoms with E-state index in [9.17, 15) is 14.7 Å². The van der Waals surface area contributed by atoms with Crippen LogP contribution in [0.5, 0.6) is 0 Å². The number of rotatable bonds is 5. The molecule has 1 amide bonds. The van der Waals surface area contributed by atoms with Crippen LogP contribution in [-0.4, -0.2) is 31.7 Å². The number of carboxylic acid groups (broad SMARTS) is 1. The molecule has 7 heteroatoms. The van der Waals surface area contributed by atoms with Crippen molar-refractivity contribution in [3.05, 3.63) is 58.4 Å². The van der Waals surface area contributed by atoms with Crippen LogP contribution in [0.25, 0.3) is 11.0 Å². The van der Waals surface area contributed by atoms with E-state index in [4.69, 9.17) is 0 Å². The Balaban J connectivity index is 2.04. The highest BCUT2D eigenvalue weighted by Crippen LogP contribution is 2.24. The zero-order chi connectivity index (χ0) is 20.6. The topological polar surface area (TPSA) is 97.1 Å². The molecule has 0 saturated heterocycles. The third-order valence-corrected chi connectivity index (χ3v) is 4.91. The average Bonchev–Trinajstić information content (AvgIpc) is 3.05. The van der Waals surface area contributed by atoms with E-state index in [1.165, 1.54) is 0 Å². The van der Waals surface area contributed by atoms with Crippen LogP contribution >= 0.6 is 0 Å². The summed E-state index contributed by atoms with van der Waals surface area (Å²) in [5.41, 5.74) is 4.03. The molecule has 0 radical (unpaired) electrons. The normalized spacial score (nSPS) is 12.4. The van der Waals surface area contributed by atoms with Crippen molar-refractivity contribution in [3.63, 3.8) is 0 Å². The molecule has 2 N–H and O–H groups in total. The summed E-state index contributed by atoms with van der Waals surface area (Å²) in [6, 6.07) is 6.04.